The Morgan fingerprint density at radius 3 is 2.31 bits per heavy atom. The minimum Gasteiger partial charge on any atom is -0.435 e. The average Bonchev–Trinajstić information content (AvgIpc) is 2.84. The van der Waals surface area contributed by atoms with Gasteiger partial charge in [-0.3, -0.25) is 15.1 Å². The molecule has 35 heavy (non-hydrogen) atoms. The van der Waals surface area contributed by atoms with Gasteiger partial charge in [0.15, 0.2) is 0 Å². The Morgan fingerprint density at radius 2 is 1.71 bits per heavy atom. The van der Waals surface area contributed by atoms with E-state index in [1.54, 1.807) is 36.4 Å². The molecule has 10 heteroatoms. The molecule has 1 amide bonds. The number of hydrogen-bond donors (Lipinski definition) is 2. The van der Waals surface area contributed by atoms with Gasteiger partial charge in [-0.2, -0.15) is 22.0 Å². The lowest BCUT2D eigenvalue weighted by Gasteiger charge is -2.26. The van der Waals surface area contributed by atoms with Crippen LogP contribution in [0, 0.1) is 0 Å². The van der Waals surface area contributed by atoms with Gasteiger partial charge in [0.25, 0.3) is 0 Å². The summed E-state index contributed by atoms with van der Waals surface area (Å²) in [6.07, 6.45) is -2.72. The Morgan fingerprint density at radius 1 is 1.00 bits per heavy atom. The van der Waals surface area contributed by atoms with Crippen LogP contribution in [0.5, 0.6) is 5.75 Å². The number of carbonyl (C=O) groups is 1. The van der Waals surface area contributed by atoms with Gasteiger partial charge in [-0.15, -0.1) is 0 Å². The first-order valence-electron chi connectivity index (χ1n) is 10.8. The molecular weight excluding hydrogens is 469 g/mol. The number of nitrogens with one attached hydrogen (secondary N) is 2. The number of ether oxygens (including phenoxy) is 1. The molecule has 0 radical (unpaired) electrons. The van der Waals surface area contributed by atoms with Crippen LogP contribution < -0.4 is 15.4 Å². The monoisotopic (exact) mass is 493 g/mol. The van der Waals surface area contributed by atoms with Crippen molar-refractivity contribution in [3.8, 4) is 5.75 Å². The number of halogens is 5. The summed E-state index contributed by atoms with van der Waals surface area (Å²) in [5.74, 6) is -0.353. The molecule has 0 bridgehead atoms. The third-order valence-corrected chi connectivity index (χ3v) is 5.33. The topological polar surface area (TPSA) is 63.2 Å². The molecule has 0 spiro atoms. The third-order valence-electron chi connectivity index (χ3n) is 5.33. The predicted molar refractivity (Wildman–Crippen MR) is 120 cm³/mol. The van der Waals surface area contributed by atoms with E-state index >= 15 is 0 Å². The maximum Gasteiger partial charge on any atom is 0.433 e. The minimum atomic E-state index is -4.54. The van der Waals surface area contributed by atoms with Crippen LogP contribution in [0.2, 0.25) is 0 Å². The van der Waals surface area contributed by atoms with Crippen LogP contribution in [0.1, 0.15) is 40.9 Å². The molecule has 2 atom stereocenters. The van der Waals surface area contributed by atoms with Crippen LogP contribution in [0.3, 0.4) is 0 Å². The smallest absolute Gasteiger partial charge is 0.433 e. The Kier molecular flexibility index (Phi) is 8.75. The molecule has 2 aromatic carbocycles. The molecule has 0 fully saturated rings. The highest BCUT2D eigenvalue weighted by atomic mass is 19.4. The number of nitrogens with zero attached hydrogens (tertiary/aromatic N) is 1. The van der Waals surface area contributed by atoms with Crippen molar-refractivity contribution in [1.82, 2.24) is 15.6 Å². The number of aryl methyl sites for hydroxylation is 1. The van der Waals surface area contributed by atoms with E-state index in [2.05, 4.69) is 20.4 Å². The van der Waals surface area contributed by atoms with Crippen molar-refractivity contribution in [1.29, 1.82) is 0 Å². The van der Waals surface area contributed by atoms with Crippen molar-refractivity contribution in [3.63, 3.8) is 0 Å². The zero-order valence-corrected chi connectivity index (χ0v) is 18.7. The van der Waals surface area contributed by atoms with E-state index < -0.39 is 30.6 Å². The van der Waals surface area contributed by atoms with Gasteiger partial charge in [0.05, 0.1) is 0 Å². The van der Waals surface area contributed by atoms with Gasteiger partial charge < -0.3 is 10.1 Å². The van der Waals surface area contributed by atoms with Crippen LogP contribution in [0.15, 0.2) is 72.9 Å². The standard InChI is InChI=1S/C25H24F5N3O2/c1-31-23(34)22(17-6-3-2-4-7-17)33-20(18-8-5-9-19(14-18)35-24(26)27)12-10-16-11-13-21(32-15-16)25(28,29)30/h2-9,11,13-15,20,22,24,33H,10,12H2,1H3,(H,31,34)/t20-,22?/m0/s1. The van der Waals surface area contributed by atoms with Gasteiger partial charge >= 0.3 is 12.8 Å². The molecule has 0 saturated heterocycles. The van der Waals surface area contributed by atoms with Crippen LogP contribution in [0.25, 0.3) is 0 Å². The molecule has 3 aromatic rings. The number of pyridine rings is 1. The van der Waals surface area contributed by atoms with E-state index in [4.69, 9.17) is 0 Å². The zero-order valence-electron chi connectivity index (χ0n) is 18.7. The van der Waals surface area contributed by atoms with E-state index in [0.29, 0.717) is 29.5 Å². The lowest BCUT2D eigenvalue weighted by Crippen LogP contribution is -2.38. The van der Waals surface area contributed by atoms with E-state index in [1.807, 2.05) is 6.07 Å². The van der Waals surface area contributed by atoms with Gasteiger partial charge in [0.1, 0.15) is 17.5 Å². The van der Waals surface area contributed by atoms with Crippen molar-refractivity contribution in [2.75, 3.05) is 7.05 Å². The van der Waals surface area contributed by atoms with Crippen molar-refractivity contribution < 1.29 is 31.5 Å². The van der Waals surface area contributed by atoms with Gasteiger partial charge in [-0.1, -0.05) is 48.5 Å². The van der Waals surface area contributed by atoms with Crippen molar-refractivity contribution in [3.05, 3.63) is 95.3 Å². The number of benzene rings is 2. The lowest BCUT2D eigenvalue weighted by atomic mass is 9.96. The molecule has 5 nitrogen and oxygen atoms in total. The SMILES string of the molecule is CNC(=O)C(N[C@@H](CCc1ccc(C(F)(F)F)nc1)c1cccc(OC(F)F)c1)c1ccccc1. The summed E-state index contributed by atoms with van der Waals surface area (Å²) in [6, 6.07) is 16.0. The number of aromatic nitrogens is 1. The fraction of sp³-hybridized carbons (Fsp3) is 0.280. The molecule has 1 unspecified atom stereocenters. The first-order valence-corrected chi connectivity index (χ1v) is 10.8. The molecule has 1 aromatic heterocycles. The normalized spacial score (nSPS) is 13.3. The van der Waals surface area contributed by atoms with Gasteiger partial charge in [0.2, 0.25) is 5.91 Å². The average molecular weight is 493 g/mol. The van der Waals surface area contributed by atoms with Crippen molar-refractivity contribution >= 4 is 5.91 Å². The number of amides is 1. The molecule has 0 aliphatic rings. The number of rotatable bonds is 10. The predicted octanol–water partition coefficient (Wildman–Crippen LogP) is 5.45. The fourth-order valence-electron chi connectivity index (χ4n) is 3.62. The first-order chi connectivity index (χ1) is 16.7. The van der Waals surface area contributed by atoms with Gasteiger partial charge in [-0.05, 0) is 47.7 Å². The summed E-state index contributed by atoms with van der Waals surface area (Å²) in [7, 11) is 1.50. The lowest BCUT2D eigenvalue weighted by molar-refractivity contribution is -0.141. The fourth-order valence-corrected chi connectivity index (χ4v) is 3.62. The molecular formula is C25H24F5N3O2. The number of carbonyl (C=O) groups excluding carboxylic acids is 1. The highest BCUT2D eigenvalue weighted by Gasteiger charge is 2.32. The summed E-state index contributed by atoms with van der Waals surface area (Å²) in [6.45, 7) is -3.00. The Hall–Kier alpha value is -3.53. The van der Waals surface area contributed by atoms with Crippen LogP contribution in [-0.4, -0.2) is 24.6 Å². The van der Waals surface area contributed by atoms with E-state index in [-0.39, 0.29) is 11.7 Å². The first kappa shape index (κ1) is 26.1. The highest BCUT2D eigenvalue weighted by molar-refractivity contribution is 5.83. The number of alkyl halides is 5. The molecule has 186 valence electrons. The van der Waals surface area contributed by atoms with Crippen LogP contribution in [0.4, 0.5) is 22.0 Å². The summed E-state index contributed by atoms with van der Waals surface area (Å²) >= 11 is 0. The van der Waals surface area contributed by atoms with Crippen LogP contribution >= 0.6 is 0 Å². The second-order valence-corrected chi connectivity index (χ2v) is 7.72. The molecule has 0 aliphatic carbocycles. The summed E-state index contributed by atoms with van der Waals surface area (Å²) in [5.41, 5.74) is 0.832. The molecule has 0 aliphatic heterocycles. The van der Waals surface area contributed by atoms with Gasteiger partial charge in [-0.25, -0.2) is 0 Å². The van der Waals surface area contributed by atoms with Crippen LogP contribution in [-0.2, 0) is 17.4 Å². The zero-order chi connectivity index (χ0) is 25.4. The molecule has 2 N–H and O–H groups in total. The largest absolute Gasteiger partial charge is 0.435 e. The maximum absolute atomic E-state index is 12.8. The van der Waals surface area contributed by atoms with Gasteiger partial charge in [0, 0.05) is 19.3 Å². The number of hydrogen-bond acceptors (Lipinski definition) is 4. The molecule has 1 heterocycles. The number of likely N-dealkylation sites (N-methyl/N-ethyl adjacent to an activating group) is 1. The Bertz CT molecular complexity index is 1090. The highest BCUT2D eigenvalue weighted by Crippen LogP contribution is 2.29. The van der Waals surface area contributed by atoms with Crippen molar-refractivity contribution in [2.24, 2.45) is 0 Å². The summed E-state index contributed by atoms with van der Waals surface area (Å²) < 4.78 is 68.5. The van der Waals surface area contributed by atoms with Crippen molar-refractivity contribution in [2.45, 2.75) is 37.7 Å². The van der Waals surface area contributed by atoms with E-state index in [1.165, 1.54) is 25.2 Å². The Balaban J connectivity index is 1.88. The molecule has 3 rings (SSSR count). The maximum atomic E-state index is 12.8. The minimum absolute atomic E-state index is 0.0447. The van der Waals surface area contributed by atoms with E-state index in [9.17, 15) is 26.7 Å². The third kappa shape index (κ3) is 7.48. The summed E-state index contributed by atoms with van der Waals surface area (Å²) in [4.78, 5) is 16.2. The molecule has 0 saturated carbocycles. The Labute approximate surface area is 199 Å². The quantitative estimate of drug-likeness (QED) is 0.369. The second-order valence-electron chi connectivity index (χ2n) is 7.72. The second kappa shape index (κ2) is 11.7. The van der Waals surface area contributed by atoms with E-state index in [0.717, 1.165) is 12.3 Å². The summed E-state index contributed by atoms with van der Waals surface area (Å²) in [5, 5.41) is 5.88.